The van der Waals surface area contributed by atoms with E-state index < -0.39 is 21.7 Å². The van der Waals surface area contributed by atoms with Gasteiger partial charge in [-0.3, -0.25) is 9.52 Å². The standard InChI is InChI=1S/C20H26N4O6S/c1-14-12-17(21-30-14)22-31(27,28)16-7-5-6-15(13-16)18(25)23-8-10-24(11-9-23)19(26)29-20(2,3)4/h5-7,12-13H,8-11H2,1-4H3,(H,21,22). The van der Waals surface area contributed by atoms with Gasteiger partial charge in [0.2, 0.25) is 0 Å². The van der Waals surface area contributed by atoms with Gasteiger partial charge in [-0.15, -0.1) is 0 Å². The number of hydrogen-bond acceptors (Lipinski definition) is 7. The molecule has 11 heteroatoms. The fraction of sp³-hybridized carbons (Fsp3) is 0.450. The Morgan fingerprint density at radius 2 is 1.74 bits per heavy atom. The number of ether oxygens (including phenoxy) is 1. The molecule has 2 heterocycles. The molecule has 1 saturated heterocycles. The monoisotopic (exact) mass is 450 g/mol. The number of nitrogens with one attached hydrogen (secondary N) is 1. The normalized spacial score (nSPS) is 15.0. The third-order valence-corrected chi connectivity index (χ3v) is 5.83. The first-order valence-corrected chi connectivity index (χ1v) is 11.3. The van der Waals surface area contributed by atoms with Gasteiger partial charge < -0.3 is 19.1 Å². The summed E-state index contributed by atoms with van der Waals surface area (Å²) in [6.07, 6.45) is -0.415. The molecule has 0 spiro atoms. The largest absolute Gasteiger partial charge is 0.444 e. The molecule has 1 aromatic heterocycles. The molecular formula is C20H26N4O6S. The molecule has 10 nitrogen and oxygen atoms in total. The van der Waals surface area contributed by atoms with Crippen LogP contribution < -0.4 is 4.72 Å². The van der Waals surface area contributed by atoms with Crippen molar-refractivity contribution < 1.29 is 27.3 Å². The van der Waals surface area contributed by atoms with E-state index in [0.29, 0.717) is 31.9 Å². The number of piperazine rings is 1. The molecule has 1 aliphatic heterocycles. The highest BCUT2D eigenvalue weighted by atomic mass is 32.2. The van der Waals surface area contributed by atoms with Gasteiger partial charge in [-0.25, -0.2) is 13.2 Å². The zero-order chi connectivity index (χ0) is 22.8. The molecule has 0 bridgehead atoms. The van der Waals surface area contributed by atoms with Crippen molar-refractivity contribution in [3.05, 3.63) is 41.7 Å². The molecule has 0 unspecified atom stereocenters. The Labute approximate surface area is 181 Å². The summed E-state index contributed by atoms with van der Waals surface area (Å²) in [6.45, 7) is 8.36. The van der Waals surface area contributed by atoms with Gasteiger partial charge in [-0.1, -0.05) is 11.2 Å². The first-order valence-electron chi connectivity index (χ1n) is 9.78. The van der Waals surface area contributed by atoms with Crippen LogP contribution >= 0.6 is 0 Å². The van der Waals surface area contributed by atoms with E-state index in [-0.39, 0.29) is 22.2 Å². The average Bonchev–Trinajstić information content (AvgIpc) is 3.10. The van der Waals surface area contributed by atoms with E-state index in [1.807, 2.05) is 0 Å². The Morgan fingerprint density at radius 3 is 2.32 bits per heavy atom. The molecule has 3 rings (SSSR count). The van der Waals surface area contributed by atoms with Crippen molar-refractivity contribution in [2.75, 3.05) is 30.9 Å². The van der Waals surface area contributed by atoms with E-state index in [1.54, 1.807) is 43.6 Å². The number of rotatable bonds is 4. The minimum absolute atomic E-state index is 0.0625. The maximum Gasteiger partial charge on any atom is 0.410 e. The van der Waals surface area contributed by atoms with E-state index in [9.17, 15) is 18.0 Å². The summed E-state index contributed by atoms with van der Waals surface area (Å²) in [5.74, 6) is 0.220. The summed E-state index contributed by atoms with van der Waals surface area (Å²) in [5, 5.41) is 3.62. The molecule has 1 fully saturated rings. The highest BCUT2D eigenvalue weighted by Crippen LogP contribution is 2.19. The van der Waals surface area contributed by atoms with Crippen LogP contribution in [0.1, 0.15) is 36.9 Å². The zero-order valence-electron chi connectivity index (χ0n) is 17.9. The van der Waals surface area contributed by atoms with E-state index in [2.05, 4.69) is 9.88 Å². The third kappa shape index (κ3) is 5.75. The average molecular weight is 451 g/mol. The van der Waals surface area contributed by atoms with Crippen LogP contribution in [-0.4, -0.2) is 67.2 Å². The SMILES string of the molecule is Cc1cc(NS(=O)(=O)c2cccc(C(=O)N3CCN(C(=O)OC(C)(C)C)CC3)c2)no1. The fourth-order valence-corrected chi connectivity index (χ4v) is 4.04. The summed E-state index contributed by atoms with van der Waals surface area (Å²) in [7, 11) is -3.94. The number of hydrogen-bond donors (Lipinski definition) is 1. The maximum atomic E-state index is 12.9. The molecule has 1 aromatic carbocycles. The number of aryl methyl sites for hydroxylation is 1. The highest BCUT2D eigenvalue weighted by molar-refractivity contribution is 7.92. The Balaban J connectivity index is 1.66. The van der Waals surface area contributed by atoms with Crippen molar-refractivity contribution in [2.45, 2.75) is 38.2 Å². The van der Waals surface area contributed by atoms with Crippen LogP contribution in [0.4, 0.5) is 10.6 Å². The number of anilines is 1. The van der Waals surface area contributed by atoms with Crippen molar-refractivity contribution in [1.29, 1.82) is 0 Å². The summed E-state index contributed by atoms with van der Waals surface area (Å²) < 4.78 is 37.8. The lowest BCUT2D eigenvalue weighted by Crippen LogP contribution is -2.51. The predicted octanol–water partition coefficient (Wildman–Crippen LogP) is 2.48. The first-order chi connectivity index (χ1) is 14.4. The number of carbonyl (C=O) groups is 2. The number of sulfonamides is 1. The summed E-state index contributed by atoms with van der Waals surface area (Å²) in [4.78, 5) is 28.2. The van der Waals surface area contributed by atoms with E-state index in [4.69, 9.17) is 9.26 Å². The molecule has 31 heavy (non-hydrogen) atoms. The lowest BCUT2D eigenvalue weighted by molar-refractivity contribution is 0.0141. The van der Waals surface area contributed by atoms with Gasteiger partial charge in [-0.05, 0) is 45.9 Å². The summed E-state index contributed by atoms with van der Waals surface area (Å²) in [5.41, 5.74) is -0.348. The summed E-state index contributed by atoms with van der Waals surface area (Å²) >= 11 is 0. The minimum atomic E-state index is -3.94. The van der Waals surface area contributed by atoms with Gasteiger partial charge in [0.1, 0.15) is 11.4 Å². The van der Waals surface area contributed by atoms with Gasteiger partial charge >= 0.3 is 6.09 Å². The van der Waals surface area contributed by atoms with Crippen LogP contribution in [0.5, 0.6) is 0 Å². The van der Waals surface area contributed by atoms with Gasteiger partial charge in [0, 0.05) is 37.8 Å². The van der Waals surface area contributed by atoms with Crippen molar-refractivity contribution in [3.63, 3.8) is 0 Å². The molecule has 0 saturated carbocycles. The van der Waals surface area contributed by atoms with Gasteiger partial charge in [-0.2, -0.15) is 0 Å². The highest BCUT2D eigenvalue weighted by Gasteiger charge is 2.28. The molecule has 0 radical (unpaired) electrons. The number of nitrogens with zero attached hydrogens (tertiary/aromatic N) is 3. The van der Waals surface area contributed by atoms with E-state index >= 15 is 0 Å². The van der Waals surface area contributed by atoms with E-state index in [0.717, 1.165) is 0 Å². The Bertz CT molecular complexity index is 1070. The lowest BCUT2D eigenvalue weighted by Gasteiger charge is -2.35. The second kappa shape index (κ2) is 8.58. The van der Waals surface area contributed by atoms with E-state index in [1.165, 1.54) is 24.3 Å². The molecule has 0 atom stereocenters. The molecule has 1 N–H and O–H groups in total. The van der Waals surface area contributed by atoms with Crippen molar-refractivity contribution in [3.8, 4) is 0 Å². The van der Waals surface area contributed by atoms with Crippen molar-refractivity contribution >= 4 is 27.8 Å². The minimum Gasteiger partial charge on any atom is -0.444 e. The lowest BCUT2D eigenvalue weighted by atomic mass is 10.2. The number of benzene rings is 1. The molecule has 2 aromatic rings. The Morgan fingerprint density at radius 1 is 1.10 bits per heavy atom. The second-order valence-electron chi connectivity index (χ2n) is 8.22. The third-order valence-electron chi connectivity index (χ3n) is 4.48. The van der Waals surface area contributed by atoms with Crippen LogP contribution in [-0.2, 0) is 14.8 Å². The second-order valence-corrected chi connectivity index (χ2v) is 9.90. The van der Waals surface area contributed by atoms with Crippen molar-refractivity contribution in [1.82, 2.24) is 15.0 Å². The maximum absolute atomic E-state index is 12.9. The Hall–Kier alpha value is -3.08. The quantitative estimate of drug-likeness (QED) is 0.759. The van der Waals surface area contributed by atoms with Gasteiger partial charge in [0.15, 0.2) is 5.82 Å². The number of aromatic nitrogens is 1. The Kier molecular flexibility index (Phi) is 6.25. The van der Waals surface area contributed by atoms with Crippen LogP contribution in [0.2, 0.25) is 0 Å². The van der Waals surface area contributed by atoms with Crippen molar-refractivity contribution in [2.24, 2.45) is 0 Å². The molecule has 168 valence electrons. The number of carbonyl (C=O) groups excluding carboxylic acids is 2. The molecule has 0 aliphatic carbocycles. The molecule has 2 amide bonds. The van der Waals surface area contributed by atoms with Crippen LogP contribution in [0.15, 0.2) is 39.8 Å². The fourth-order valence-electron chi connectivity index (χ4n) is 3.01. The molecule has 1 aliphatic rings. The van der Waals surface area contributed by atoms with Gasteiger partial charge in [0.25, 0.3) is 15.9 Å². The number of amides is 2. The smallest absolute Gasteiger partial charge is 0.410 e. The zero-order valence-corrected chi connectivity index (χ0v) is 18.7. The molecular weight excluding hydrogens is 424 g/mol. The first kappa shape index (κ1) is 22.6. The predicted molar refractivity (Wildman–Crippen MR) is 112 cm³/mol. The topological polar surface area (TPSA) is 122 Å². The summed E-state index contributed by atoms with van der Waals surface area (Å²) in [6, 6.07) is 7.23. The van der Waals surface area contributed by atoms with Crippen LogP contribution in [0.25, 0.3) is 0 Å². The van der Waals surface area contributed by atoms with Gasteiger partial charge in [0.05, 0.1) is 4.90 Å². The van der Waals surface area contributed by atoms with Crippen LogP contribution in [0.3, 0.4) is 0 Å². The van der Waals surface area contributed by atoms with Crippen LogP contribution in [0, 0.1) is 6.92 Å².